The molecule has 2 aromatic carbocycles. The molecule has 32 heavy (non-hydrogen) atoms. The van der Waals surface area contributed by atoms with Crippen LogP contribution in [0.25, 0.3) is 0 Å². The van der Waals surface area contributed by atoms with E-state index in [-0.39, 0.29) is 24.1 Å². The average molecular weight is 454 g/mol. The first kappa shape index (κ1) is 23.3. The predicted molar refractivity (Wildman–Crippen MR) is 124 cm³/mol. The number of rotatable bonds is 11. The van der Waals surface area contributed by atoms with Crippen LogP contribution in [0.3, 0.4) is 0 Å². The maximum absolute atomic E-state index is 12.4. The van der Waals surface area contributed by atoms with Gasteiger partial charge in [0.2, 0.25) is 5.91 Å². The lowest BCUT2D eigenvalue weighted by Gasteiger charge is -2.09. The van der Waals surface area contributed by atoms with E-state index in [4.69, 9.17) is 4.74 Å². The number of thioether (sulfide) groups is 1. The fraction of sp³-hybridized carbons (Fsp3) is 0.304. The third kappa shape index (κ3) is 6.58. The highest BCUT2D eigenvalue weighted by Gasteiger charge is 2.14. The summed E-state index contributed by atoms with van der Waals surface area (Å²) in [6.07, 6.45) is 0.792. The summed E-state index contributed by atoms with van der Waals surface area (Å²) in [5.41, 5.74) is 1.72. The number of hydrogen-bond acceptors (Lipinski definition) is 6. The van der Waals surface area contributed by atoms with Crippen molar-refractivity contribution < 1.29 is 14.3 Å². The lowest BCUT2D eigenvalue weighted by molar-refractivity contribution is -0.118. The largest absolute Gasteiger partial charge is 0.497 e. The van der Waals surface area contributed by atoms with E-state index in [1.807, 2.05) is 41.8 Å². The molecule has 1 aromatic heterocycles. The smallest absolute Gasteiger partial charge is 0.251 e. The van der Waals surface area contributed by atoms with E-state index in [1.165, 1.54) is 17.3 Å². The lowest BCUT2D eigenvalue weighted by atomic mass is 10.1. The minimum absolute atomic E-state index is 0.0501. The number of aromatic nitrogens is 3. The Hall–Kier alpha value is -3.33. The second-order valence-electron chi connectivity index (χ2n) is 6.93. The molecule has 0 atom stereocenters. The van der Waals surface area contributed by atoms with Gasteiger partial charge in [-0.25, -0.2) is 0 Å². The van der Waals surface area contributed by atoms with Crippen molar-refractivity contribution in [1.29, 1.82) is 0 Å². The quantitative estimate of drug-likeness (QED) is 0.433. The van der Waals surface area contributed by atoms with Gasteiger partial charge in [-0.05, 0) is 43.2 Å². The van der Waals surface area contributed by atoms with E-state index in [0.29, 0.717) is 35.4 Å². The van der Waals surface area contributed by atoms with Crippen LogP contribution in [0.5, 0.6) is 5.75 Å². The van der Waals surface area contributed by atoms with Crippen LogP contribution in [0.2, 0.25) is 0 Å². The molecule has 0 bridgehead atoms. The molecule has 2 N–H and O–H groups in total. The van der Waals surface area contributed by atoms with Crippen molar-refractivity contribution in [3.8, 4) is 5.75 Å². The number of ether oxygens (including phenoxy) is 1. The van der Waals surface area contributed by atoms with E-state index in [0.717, 1.165) is 6.42 Å². The van der Waals surface area contributed by atoms with Gasteiger partial charge in [-0.1, -0.05) is 42.1 Å². The SMILES string of the molecule is CCn1c(CNC(=O)c2ccc(OC)cc2)nnc1SCC(=O)NCCc1ccccc1. The Bertz CT molecular complexity index is 1020. The number of amides is 2. The summed E-state index contributed by atoms with van der Waals surface area (Å²) in [6.45, 7) is 3.45. The zero-order chi connectivity index (χ0) is 22.8. The summed E-state index contributed by atoms with van der Waals surface area (Å²) in [6, 6.07) is 16.9. The number of nitrogens with one attached hydrogen (secondary N) is 2. The summed E-state index contributed by atoms with van der Waals surface area (Å²) in [4.78, 5) is 24.5. The monoisotopic (exact) mass is 453 g/mol. The molecule has 0 fully saturated rings. The van der Waals surface area contributed by atoms with Crippen LogP contribution in [0.4, 0.5) is 0 Å². The summed E-state index contributed by atoms with van der Waals surface area (Å²) in [5.74, 6) is 1.33. The Labute approximate surface area is 191 Å². The summed E-state index contributed by atoms with van der Waals surface area (Å²) in [7, 11) is 1.58. The molecule has 0 saturated heterocycles. The number of hydrogen-bond donors (Lipinski definition) is 2. The summed E-state index contributed by atoms with van der Waals surface area (Å²) < 4.78 is 7.01. The van der Waals surface area contributed by atoms with Gasteiger partial charge in [-0.2, -0.15) is 0 Å². The normalized spacial score (nSPS) is 10.6. The third-order valence-electron chi connectivity index (χ3n) is 4.78. The predicted octanol–water partition coefficient (Wildman–Crippen LogP) is 2.69. The molecule has 9 heteroatoms. The molecule has 168 valence electrons. The number of nitrogens with zero attached hydrogens (tertiary/aromatic N) is 3. The Morgan fingerprint density at radius 3 is 2.47 bits per heavy atom. The average Bonchev–Trinajstić information content (AvgIpc) is 3.23. The van der Waals surface area contributed by atoms with Crippen molar-refractivity contribution in [2.24, 2.45) is 0 Å². The molecule has 0 aliphatic rings. The fourth-order valence-electron chi connectivity index (χ4n) is 3.05. The Balaban J connectivity index is 1.47. The molecule has 8 nitrogen and oxygen atoms in total. The first-order valence-electron chi connectivity index (χ1n) is 10.4. The maximum atomic E-state index is 12.4. The highest BCUT2D eigenvalue weighted by Crippen LogP contribution is 2.17. The highest BCUT2D eigenvalue weighted by molar-refractivity contribution is 7.99. The van der Waals surface area contributed by atoms with E-state index >= 15 is 0 Å². The minimum Gasteiger partial charge on any atom is -0.497 e. The molecule has 0 aliphatic carbocycles. The molecular formula is C23H27N5O3S. The Kier molecular flexibility index (Phi) is 8.68. The van der Waals surface area contributed by atoms with Gasteiger partial charge in [0.1, 0.15) is 5.75 Å². The molecular weight excluding hydrogens is 426 g/mol. The van der Waals surface area contributed by atoms with Crippen molar-refractivity contribution in [3.05, 3.63) is 71.5 Å². The van der Waals surface area contributed by atoms with E-state index < -0.39 is 0 Å². The van der Waals surface area contributed by atoms with Crippen LogP contribution in [-0.4, -0.2) is 46.0 Å². The zero-order valence-corrected chi connectivity index (χ0v) is 19.0. The van der Waals surface area contributed by atoms with Gasteiger partial charge in [-0.3, -0.25) is 9.59 Å². The van der Waals surface area contributed by atoms with E-state index in [1.54, 1.807) is 31.4 Å². The van der Waals surface area contributed by atoms with Gasteiger partial charge in [-0.15, -0.1) is 10.2 Å². The van der Waals surface area contributed by atoms with Crippen LogP contribution >= 0.6 is 11.8 Å². The van der Waals surface area contributed by atoms with Crippen LogP contribution in [0.1, 0.15) is 28.7 Å². The van der Waals surface area contributed by atoms with Gasteiger partial charge >= 0.3 is 0 Å². The van der Waals surface area contributed by atoms with Gasteiger partial charge < -0.3 is 19.9 Å². The number of benzene rings is 2. The van der Waals surface area contributed by atoms with E-state index in [9.17, 15) is 9.59 Å². The lowest BCUT2D eigenvalue weighted by Crippen LogP contribution is -2.27. The molecule has 0 unspecified atom stereocenters. The van der Waals surface area contributed by atoms with Crippen molar-refractivity contribution in [2.45, 2.75) is 31.6 Å². The van der Waals surface area contributed by atoms with Gasteiger partial charge in [0.25, 0.3) is 5.91 Å². The topological polar surface area (TPSA) is 98.1 Å². The van der Waals surface area contributed by atoms with E-state index in [2.05, 4.69) is 20.8 Å². The first-order chi connectivity index (χ1) is 15.6. The van der Waals surface area contributed by atoms with Crippen molar-refractivity contribution in [3.63, 3.8) is 0 Å². The standard InChI is InChI=1S/C23H27N5O3S/c1-3-28-20(15-25-22(30)18-9-11-19(31-2)12-10-18)26-27-23(28)32-16-21(29)24-14-13-17-7-5-4-6-8-17/h4-12H,3,13-16H2,1-2H3,(H,24,29)(H,25,30). The fourth-order valence-corrected chi connectivity index (χ4v) is 3.90. The van der Waals surface area contributed by atoms with Crippen molar-refractivity contribution in [1.82, 2.24) is 25.4 Å². The maximum Gasteiger partial charge on any atom is 0.251 e. The Morgan fingerprint density at radius 2 is 1.78 bits per heavy atom. The second kappa shape index (κ2) is 11.9. The number of carbonyl (C=O) groups excluding carboxylic acids is 2. The minimum atomic E-state index is -0.203. The third-order valence-corrected chi connectivity index (χ3v) is 5.75. The van der Waals surface area contributed by atoms with Gasteiger partial charge in [0.15, 0.2) is 11.0 Å². The van der Waals surface area contributed by atoms with Gasteiger partial charge in [0, 0.05) is 18.7 Å². The van der Waals surface area contributed by atoms with Gasteiger partial charge in [0.05, 0.1) is 19.4 Å². The van der Waals surface area contributed by atoms with Crippen LogP contribution in [0, 0.1) is 0 Å². The van der Waals surface area contributed by atoms with Crippen LogP contribution in [-0.2, 0) is 24.3 Å². The molecule has 0 spiro atoms. The molecule has 0 saturated carbocycles. The number of methoxy groups -OCH3 is 1. The molecule has 3 aromatic rings. The molecule has 2 amide bonds. The van der Waals surface area contributed by atoms with Crippen molar-refractivity contribution >= 4 is 23.6 Å². The molecule has 0 aliphatic heterocycles. The first-order valence-corrected chi connectivity index (χ1v) is 11.4. The summed E-state index contributed by atoms with van der Waals surface area (Å²) >= 11 is 1.33. The second-order valence-corrected chi connectivity index (χ2v) is 7.87. The zero-order valence-electron chi connectivity index (χ0n) is 18.2. The summed E-state index contributed by atoms with van der Waals surface area (Å²) in [5, 5.41) is 14.8. The highest BCUT2D eigenvalue weighted by atomic mass is 32.2. The molecule has 0 radical (unpaired) electrons. The molecule has 3 rings (SSSR count). The van der Waals surface area contributed by atoms with Crippen molar-refractivity contribution in [2.75, 3.05) is 19.4 Å². The Morgan fingerprint density at radius 1 is 1.03 bits per heavy atom. The number of carbonyl (C=O) groups is 2. The molecule has 1 heterocycles. The van der Waals surface area contributed by atoms with Crippen LogP contribution < -0.4 is 15.4 Å². The van der Waals surface area contributed by atoms with Crippen LogP contribution in [0.15, 0.2) is 59.8 Å².